The molecule has 3 aromatic carbocycles. The lowest BCUT2D eigenvalue weighted by Gasteiger charge is -2.21. The third-order valence-corrected chi connectivity index (χ3v) is 7.68. The second-order valence-corrected chi connectivity index (χ2v) is 11.0. The minimum absolute atomic E-state index is 0.00238. The molecule has 0 fully saturated rings. The van der Waals surface area contributed by atoms with Gasteiger partial charge in [0.2, 0.25) is 10.0 Å². The Morgan fingerprint density at radius 1 is 0.892 bits per heavy atom. The fourth-order valence-corrected chi connectivity index (χ4v) is 5.05. The predicted molar refractivity (Wildman–Crippen MR) is 144 cm³/mol. The van der Waals surface area contributed by atoms with Crippen molar-refractivity contribution in [2.75, 3.05) is 0 Å². The van der Waals surface area contributed by atoms with E-state index in [9.17, 15) is 13.2 Å². The minimum Gasteiger partial charge on any atom is -0.459 e. The van der Waals surface area contributed by atoms with E-state index >= 15 is 0 Å². The van der Waals surface area contributed by atoms with Gasteiger partial charge in [-0.1, -0.05) is 59.1 Å². The molecule has 1 amide bonds. The highest BCUT2D eigenvalue weighted by Crippen LogP contribution is 2.23. The van der Waals surface area contributed by atoms with Gasteiger partial charge in [-0.2, -0.15) is 9.41 Å². The second-order valence-electron chi connectivity index (χ2n) is 8.58. The number of sulfonamides is 1. The van der Waals surface area contributed by atoms with E-state index in [2.05, 4.69) is 10.5 Å². The Hall–Kier alpha value is -3.72. The summed E-state index contributed by atoms with van der Waals surface area (Å²) in [5.41, 5.74) is 5.93. The molecule has 7 nitrogen and oxygen atoms in total. The normalized spacial score (nSPS) is 11.8. The molecule has 4 rings (SSSR count). The molecular formula is C28H26ClN3O4S. The number of amides is 1. The van der Waals surface area contributed by atoms with Crippen molar-refractivity contribution in [1.82, 2.24) is 9.73 Å². The first-order valence-electron chi connectivity index (χ1n) is 11.5. The van der Waals surface area contributed by atoms with Gasteiger partial charge >= 0.3 is 0 Å². The largest absolute Gasteiger partial charge is 0.459 e. The third kappa shape index (κ3) is 6.95. The van der Waals surface area contributed by atoms with E-state index in [0.29, 0.717) is 22.1 Å². The van der Waals surface area contributed by atoms with Crippen molar-refractivity contribution in [3.63, 3.8) is 0 Å². The third-order valence-electron chi connectivity index (χ3n) is 5.62. The van der Waals surface area contributed by atoms with Gasteiger partial charge in [0.1, 0.15) is 11.5 Å². The van der Waals surface area contributed by atoms with Crippen molar-refractivity contribution < 1.29 is 17.6 Å². The number of rotatable bonds is 9. The number of nitrogens with one attached hydrogen (secondary N) is 1. The number of carbonyl (C=O) groups is 1. The maximum Gasteiger partial charge on any atom is 0.271 e. The van der Waals surface area contributed by atoms with E-state index in [1.54, 1.807) is 36.4 Å². The maximum atomic E-state index is 13.5. The molecule has 1 aromatic heterocycles. The average molecular weight is 536 g/mol. The molecule has 190 valence electrons. The molecule has 0 atom stereocenters. The number of hydrogen-bond donors (Lipinski definition) is 1. The van der Waals surface area contributed by atoms with Gasteiger partial charge in [0.05, 0.1) is 17.7 Å². The molecule has 0 unspecified atom stereocenters. The van der Waals surface area contributed by atoms with Crippen molar-refractivity contribution in [2.24, 2.45) is 5.10 Å². The number of hydrogen-bond acceptors (Lipinski definition) is 5. The Kier molecular flexibility index (Phi) is 8.23. The summed E-state index contributed by atoms with van der Waals surface area (Å²) in [5.74, 6) is 0.454. The van der Waals surface area contributed by atoms with Crippen LogP contribution in [0.4, 0.5) is 0 Å². The van der Waals surface area contributed by atoms with Crippen LogP contribution in [0.5, 0.6) is 0 Å². The van der Waals surface area contributed by atoms with E-state index in [1.807, 2.05) is 50.2 Å². The van der Waals surface area contributed by atoms with Crippen LogP contribution >= 0.6 is 11.6 Å². The van der Waals surface area contributed by atoms with E-state index in [0.717, 1.165) is 16.7 Å². The van der Waals surface area contributed by atoms with Crippen molar-refractivity contribution in [1.29, 1.82) is 0 Å². The summed E-state index contributed by atoms with van der Waals surface area (Å²) < 4.78 is 34.1. The van der Waals surface area contributed by atoms with Crippen molar-refractivity contribution in [2.45, 2.75) is 31.8 Å². The van der Waals surface area contributed by atoms with Crippen LogP contribution in [0.1, 0.15) is 38.6 Å². The quantitative estimate of drug-likeness (QED) is 0.220. The highest BCUT2D eigenvalue weighted by Gasteiger charge is 2.26. The van der Waals surface area contributed by atoms with Crippen LogP contribution in [0.3, 0.4) is 0 Å². The molecule has 37 heavy (non-hydrogen) atoms. The van der Waals surface area contributed by atoms with Crippen LogP contribution in [-0.4, -0.2) is 24.8 Å². The molecule has 0 radical (unpaired) electrons. The minimum atomic E-state index is -3.85. The Bertz CT molecular complexity index is 1490. The summed E-state index contributed by atoms with van der Waals surface area (Å²) in [6.07, 6.45) is 1.37. The van der Waals surface area contributed by atoms with Gasteiger partial charge in [-0.15, -0.1) is 0 Å². The van der Waals surface area contributed by atoms with Crippen LogP contribution in [0.25, 0.3) is 0 Å². The summed E-state index contributed by atoms with van der Waals surface area (Å²) in [6.45, 7) is 4.07. The van der Waals surface area contributed by atoms with Crippen LogP contribution in [0.2, 0.25) is 5.02 Å². The first-order valence-corrected chi connectivity index (χ1v) is 13.3. The maximum absolute atomic E-state index is 13.5. The van der Waals surface area contributed by atoms with Crippen LogP contribution in [-0.2, 0) is 23.1 Å². The van der Waals surface area contributed by atoms with Gasteiger partial charge in [0.15, 0.2) is 0 Å². The monoisotopic (exact) mass is 535 g/mol. The highest BCUT2D eigenvalue weighted by atomic mass is 35.5. The number of hydrazone groups is 1. The molecule has 1 N–H and O–H groups in total. The summed E-state index contributed by atoms with van der Waals surface area (Å²) in [4.78, 5) is 12.4. The lowest BCUT2D eigenvalue weighted by molar-refractivity contribution is 0.0955. The highest BCUT2D eigenvalue weighted by molar-refractivity contribution is 7.89. The zero-order valence-electron chi connectivity index (χ0n) is 20.4. The molecule has 0 bridgehead atoms. The van der Waals surface area contributed by atoms with Crippen LogP contribution in [0, 0.1) is 13.8 Å². The number of aryl methyl sites for hydroxylation is 2. The Morgan fingerprint density at radius 3 is 2.16 bits per heavy atom. The Balaban J connectivity index is 1.50. The van der Waals surface area contributed by atoms with Crippen molar-refractivity contribution >= 4 is 33.7 Å². The summed E-state index contributed by atoms with van der Waals surface area (Å²) in [6, 6.07) is 24.2. The van der Waals surface area contributed by atoms with E-state index in [-0.39, 0.29) is 23.9 Å². The lowest BCUT2D eigenvalue weighted by Crippen LogP contribution is -2.30. The lowest BCUT2D eigenvalue weighted by atomic mass is 10.1. The van der Waals surface area contributed by atoms with Gasteiger partial charge in [-0.25, -0.2) is 13.8 Å². The van der Waals surface area contributed by atoms with Gasteiger partial charge in [0.25, 0.3) is 5.91 Å². The van der Waals surface area contributed by atoms with E-state index < -0.39 is 10.0 Å². The summed E-state index contributed by atoms with van der Waals surface area (Å²) >= 11 is 5.96. The molecule has 4 aromatic rings. The fourth-order valence-electron chi connectivity index (χ4n) is 3.53. The summed E-state index contributed by atoms with van der Waals surface area (Å²) in [7, 11) is -3.85. The molecular weight excluding hydrogens is 510 g/mol. The van der Waals surface area contributed by atoms with Crippen LogP contribution < -0.4 is 5.43 Å². The van der Waals surface area contributed by atoms with Gasteiger partial charge in [0, 0.05) is 17.1 Å². The smallest absolute Gasteiger partial charge is 0.271 e. The zero-order valence-corrected chi connectivity index (χ0v) is 22.0. The Labute approximate surface area is 221 Å². The average Bonchev–Trinajstić information content (AvgIpc) is 3.32. The molecule has 0 saturated heterocycles. The zero-order chi connectivity index (χ0) is 26.4. The fraction of sp³-hybridized carbons (Fsp3) is 0.143. The standard InChI is InChI=1S/C28H26ClN3O4S/c1-20-3-7-22(8-4-20)18-32(37(34,35)27-15-11-24(29)12-16-27)19-26-14-13-25(36-26)17-30-31-28(33)23-9-5-21(2)6-10-23/h3-17H,18-19H2,1-2H3,(H,31,33)/b30-17-. The molecule has 0 aliphatic rings. The molecule has 0 aliphatic carbocycles. The van der Waals surface area contributed by atoms with Gasteiger partial charge in [-0.05, 0) is 67.9 Å². The number of nitrogens with zero attached hydrogens (tertiary/aromatic N) is 2. The SMILES string of the molecule is Cc1ccc(CN(Cc2ccc(/C=N\NC(=O)c3ccc(C)cc3)o2)S(=O)(=O)c2ccc(Cl)cc2)cc1. The topological polar surface area (TPSA) is 92.0 Å². The van der Waals surface area contributed by atoms with Crippen molar-refractivity contribution in [3.05, 3.63) is 124 Å². The van der Waals surface area contributed by atoms with E-state index in [4.69, 9.17) is 16.0 Å². The summed E-state index contributed by atoms with van der Waals surface area (Å²) in [5, 5.41) is 4.40. The second kappa shape index (κ2) is 11.6. The van der Waals surface area contributed by atoms with Gasteiger partial charge < -0.3 is 4.42 Å². The molecule has 0 saturated carbocycles. The molecule has 1 heterocycles. The Morgan fingerprint density at radius 2 is 1.51 bits per heavy atom. The number of furan rings is 1. The van der Waals surface area contributed by atoms with Gasteiger partial charge in [-0.3, -0.25) is 4.79 Å². The number of carbonyl (C=O) groups excluding carboxylic acids is 1. The number of benzene rings is 3. The van der Waals surface area contributed by atoms with Crippen LogP contribution in [0.15, 0.2) is 99.3 Å². The first kappa shape index (κ1) is 26.3. The predicted octanol–water partition coefficient (Wildman–Crippen LogP) is 5.70. The van der Waals surface area contributed by atoms with Crippen molar-refractivity contribution in [3.8, 4) is 0 Å². The number of halogens is 1. The first-order chi connectivity index (χ1) is 17.7. The molecule has 0 aliphatic heterocycles. The molecule has 0 spiro atoms. The molecule has 9 heteroatoms. The van der Waals surface area contributed by atoms with E-state index in [1.165, 1.54) is 22.7 Å².